The number of rotatable bonds is 4. The standard InChI is InChI=1S/C21H20ClN5O2/c1-3-17(27-19(23-2)5-7-25-27)14-10-13(22)8-12-9-18(28-20(12)14)21-15-11-24-6-4-16(15)26-29-21/h3,5,7-8,10,18,24H,2,4,6,9,11H2,1H3/b17-3-. The first-order valence-corrected chi connectivity index (χ1v) is 9.92. The fraction of sp³-hybridized carbons (Fsp3) is 0.286. The molecule has 0 saturated carbocycles. The summed E-state index contributed by atoms with van der Waals surface area (Å²) in [7, 11) is 0. The summed E-state index contributed by atoms with van der Waals surface area (Å²) in [6.45, 7) is 7.24. The number of ether oxygens (including phenoxy) is 1. The highest BCUT2D eigenvalue weighted by atomic mass is 35.5. The van der Waals surface area contributed by atoms with E-state index in [4.69, 9.17) is 20.9 Å². The van der Waals surface area contributed by atoms with Crippen LogP contribution in [0.1, 0.15) is 41.2 Å². The van der Waals surface area contributed by atoms with Crippen LogP contribution in [-0.2, 0) is 19.4 Å². The molecule has 5 rings (SSSR count). The van der Waals surface area contributed by atoms with Crippen molar-refractivity contribution in [3.05, 3.63) is 63.6 Å². The van der Waals surface area contributed by atoms with Crippen LogP contribution in [0.25, 0.3) is 5.70 Å². The van der Waals surface area contributed by atoms with Crippen LogP contribution >= 0.6 is 11.6 Å². The second-order valence-corrected chi connectivity index (χ2v) is 7.52. The topological polar surface area (TPSA) is 77.5 Å². The van der Waals surface area contributed by atoms with Crippen LogP contribution in [-0.4, -0.2) is 28.2 Å². The third-order valence-corrected chi connectivity index (χ3v) is 5.61. The van der Waals surface area contributed by atoms with Gasteiger partial charge in [0.15, 0.2) is 17.7 Å². The quantitative estimate of drug-likeness (QED) is 0.657. The Bertz CT molecular complexity index is 1130. The Balaban J connectivity index is 1.56. The molecule has 2 aromatic heterocycles. The van der Waals surface area contributed by atoms with E-state index < -0.39 is 0 Å². The summed E-state index contributed by atoms with van der Waals surface area (Å²) < 4.78 is 13.8. The van der Waals surface area contributed by atoms with Gasteiger partial charge in [-0.1, -0.05) is 22.8 Å². The minimum Gasteiger partial charge on any atom is -0.481 e. The number of hydrogen-bond donors (Lipinski definition) is 1. The van der Waals surface area contributed by atoms with Gasteiger partial charge in [-0.3, -0.25) is 0 Å². The van der Waals surface area contributed by atoms with Gasteiger partial charge in [0.1, 0.15) is 5.75 Å². The van der Waals surface area contributed by atoms with Crippen molar-refractivity contribution in [1.29, 1.82) is 0 Å². The molecule has 8 heteroatoms. The number of halogens is 1. The van der Waals surface area contributed by atoms with Gasteiger partial charge in [-0.2, -0.15) is 5.10 Å². The molecular weight excluding hydrogens is 390 g/mol. The fourth-order valence-corrected chi connectivity index (χ4v) is 4.31. The SMILES string of the molecule is C=Nc1ccnn1/C(=C\C)c1cc(Cl)cc2c1OC(c1onc3c1CNCC3)C2. The molecule has 1 aromatic carbocycles. The van der Waals surface area contributed by atoms with Gasteiger partial charge < -0.3 is 14.6 Å². The van der Waals surface area contributed by atoms with Crippen molar-refractivity contribution in [2.75, 3.05) is 6.54 Å². The first-order chi connectivity index (χ1) is 14.2. The number of allylic oxidation sites excluding steroid dienone is 1. The van der Waals surface area contributed by atoms with E-state index in [-0.39, 0.29) is 6.10 Å². The third kappa shape index (κ3) is 2.97. The largest absolute Gasteiger partial charge is 0.481 e. The number of aliphatic imine (C=N–C) groups is 1. The van der Waals surface area contributed by atoms with E-state index in [0.717, 1.165) is 59.1 Å². The van der Waals surface area contributed by atoms with Gasteiger partial charge in [0, 0.05) is 53.7 Å². The van der Waals surface area contributed by atoms with Crippen molar-refractivity contribution in [3.63, 3.8) is 0 Å². The van der Waals surface area contributed by atoms with E-state index in [9.17, 15) is 0 Å². The molecule has 1 atom stereocenters. The van der Waals surface area contributed by atoms with E-state index >= 15 is 0 Å². The molecule has 1 unspecified atom stereocenters. The molecule has 0 amide bonds. The number of hydrogen-bond acceptors (Lipinski definition) is 6. The lowest BCUT2D eigenvalue weighted by molar-refractivity contribution is 0.188. The van der Waals surface area contributed by atoms with Crippen molar-refractivity contribution in [2.24, 2.45) is 4.99 Å². The minimum absolute atomic E-state index is 0.230. The molecule has 2 aliphatic heterocycles. The Morgan fingerprint density at radius 2 is 2.34 bits per heavy atom. The number of fused-ring (bicyclic) bond motifs is 2. The monoisotopic (exact) mass is 409 g/mol. The number of nitrogens with zero attached hydrogens (tertiary/aromatic N) is 4. The highest BCUT2D eigenvalue weighted by Gasteiger charge is 2.34. The Labute approximate surface area is 173 Å². The van der Waals surface area contributed by atoms with Crippen LogP contribution in [0.4, 0.5) is 5.82 Å². The number of benzene rings is 1. The number of nitrogens with one attached hydrogen (secondary N) is 1. The van der Waals surface area contributed by atoms with E-state index in [0.29, 0.717) is 17.3 Å². The summed E-state index contributed by atoms with van der Waals surface area (Å²) >= 11 is 6.46. The predicted octanol–water partition coefficient (Wildman–Crippen LogP) is 4.09. The van der Waals surface area contributed by atoms with Gasteiger partial charge in [-0.25, -0.2) is 9.67 Å². The summed E-state index contributed by atoms with van der Waals surface area (Å²) in [4.78, 5) is 4.05. The van der Waals surface area contributed by atoms with Crippen molar-refractivity contribution < 1.29 is 9.26 Å². The first kappa shape index (κ1) is 18.1. The summed E-state index contributed by atoms with van der Waals surface area (Å²) in [5.74, 6) is 2.23. The van der Waals surface area contributed by atoms with E-state index in [2.05, 4.69) is 27.3 Å². The minimum atomic E-state index is -0.230. The van der Waals surface area contributed by atoms with Crippen LogP contribution in [0.5, 0.6) is 5.75 Å². The van der Waals surface area contributed by atoms with Crippen LogP contribution in [0, 0.1) is 0 Å². The van der Waals surface area contributed by atoms with E-state index in [1.807, 2.05) is 25.1 Å². The molecule has 2 aliphatic rings. The maximum Gasteiger partial charge on any atom is 0.182 e. The van der Waals surface area contributed by atoms with Gasteiger partial charge in [-0.05, 0) is 25.8 Å². The zero-order valence-electron chi connectivity index (χ0n) is 16.0. The van der Waals surface area contributed by atoms with Crippen molar-refractivity contribution in [1.82, 2.24) is 20.3 Å². The summed E-state index contributed by atoms with van der Waals surface area (Å²) in [5.41, 5.74) is 4.85. The average Bonchev–Trinajstić information content (AvgIpc) is 3.45. The molecule has 0 bridgehead atoms. The highest BCUT2D eigenvalue weighted by molar-refractivity contribution is 6.31. The Morgan fingerprint density at radius 3 is 3.17 bits per heavy atom. The van der Waals surface area contributed by atoms with Crippen LogP contribution in [0.2, 0.25) is 5.02 Å². The van der Waals surface area contributed by atoms with E-state index in [1.165, 1.54) is 0 Å². The normalized spacial score (nSPS) is 18.3. The summed E-state index contributed by atoms with van der Waals surface area (Å²) in [6.07, 6.45) is 4.97. The molecule has 29 heavy (non-hydrogen) atoms. The zero-order valence-corrected chi connectivity index (χ0v) is 16.7. The summed E-state index contributed by atoms with van der Waals surface area (Å²) in [6, 6.07) is 5.65. The van der Waals surface area contributed by atoms with Crippen molar-refractivity contribution in [2.45, 2.75) is 32.4 Å². The Morgan fingerprint density at radius 1 is 1.45 bits per heavy atom. The molecule has 3 aromatic rings. The Hall–Kier alpha value is -2.90. The smallest absolute Gasteiger partial charge is 0.182 e. The lowest BCUT2D eigenvalue weighted by atomic mass is 10.0. The van der Waals surface area contributed by atoms with Gasteiger partial charge in [-0.15, -0.1) is 0 Å². The molecule has 0 aliphatic carbocycles. The number of aromatic nitrogens is 3. The lowest BCUT2D eigenvalue weighted by Crippen LogP contribution is -2.24. The Kier molecular flexibility index (Phi) is 4.49. The van der Waals surface area contributed by atoms with Gasteiger partial charge >= 0.3 is 0 Å². The second-order valence-electron chi connectivity index (χ2n) is 7.08. The average molecular weight is 410 g/mol. The second kappa shape index (κ2) is 7.17. The van der Waals surface area contributed by atoms with E-state index in [1.54, 1.807) is 16.9 Å². The van der Waals surface area contributed by atoms with Crippen molar-refractivity contribution >= 4 is 29.8 Å². The highest BCUT2D eigenvalue weighted by Crippen LogP contribution is 2.45. The zero-order chi connectivity index (χ0) is 20.0. The predicted molar refractivity (Wildman–Crippen MR) is 111 cm³/mol. The molecule has 148 valence electrons. The lowest BCUT2D eigenvalue weighted by Gasteiger charge is -2.16. The maximum atomic E-state index is 6.46. The molecule has 4 heterocycles. The molecule has 0 saturated heterocycles. The van der Waals surface area contributed by atoms with Crippen LogP contribution < -0.4 is 10.1 Å². The van der Waals surface area contributed by atoms with Crippen LogP contribution in [0.3, 0.4) is 0 Å². The maximum absolute atomic E-state index is 6.46. The first-order valence-electron chi connectivity index (χ1n) is 9.54. The molecule has 0 radical (unpaired) electrons. The molecule has 7 nitrogen and oxygen atoms in total. The third-order valence-electron chi connectivity index (χ3n) is 5.39. The van der Waals surface area contributed by atoms with Crippen molar-refractivity contribution in [3.8, 4) is 5.75 Å². The molecule has 0 fully saturated rings. The fourth-order valence-electron chi connectivity index (χ4n) is 4.07. The summed E-state index contributed by atoms with van der Waals surface area (Å²) in [5, 5.41) is 12.7. The molecule has 1 N–H and O–H groups in total. The van der Waals surface area contributed by atoms with Gasteiger partial charge in [0.05, 0.1) is 17.6 Å². The van der Waals surface area contributed by atoms with Gasteiger partial charge in [0.2, 0.25) is 0 Å². The van der Waals surface area contributed by atoms with Gasteiger partial charge in [0.25, 0.3) is 0 Å². The molecule has 0 spiro atoms. The molecular formula is C21H20ClN5O2. The van der Waals surface area contributed by atoms with Crippen LogP contribution in [0.15, 0.2) is 40.0 Å².